The van der Waals surface area contributed by atoms with Crippen molar-refractivity contribution < 1.29 is 4.74 Å². The largest absolute Gasteiger partial charge is 0.497 e. The van der Waals surface area contributed by atoms with E-state index in [2.05, 4.69) is 5.43 Å². The van der Waals surface area contributed by atoms with Gasteiger partial charge in [0.15, 0.2) is 0 Å². The standard InChI is InChI=1S/C7H9ClN2O.ClH/c1-11-5-2-3-6(8)7(4-5)10-9;/h2-4,10H,9H2,1H3;1H. The first-order valence-electron chi connectivity index (χ1n) is 3.08. The third-order valence-corrected chi connectivity index (χ3v) is 1.66. The Labute approximate surface area is 82.2 Å². The first-order chi connectivity index (χ1) is 5.27. The number of anilines is 1. The summed E-state index contributed by atoms with van der Waals surface area (Å²) in [6.07, 6.45) is 0. The van der Waals surface area contributed by atoms with Crippen LogP contribution in [0.4, 0.5) is 5.69 Å². The predicted molar refractivity (Wildman–Crippen MR) is 53.1 cm³/mol. The number of halogens is 2. The first-order valence-corrected chi connectivity index (χ1v) is 3.46. The molecule has 1 rings (SSSR count). The second kappa shape index (κ2) is 5.09. The average molecular weight is 209 g/mol. The van der Waals surface area contributed by atoms with Gasteiger partial charge in [-0.25, -0.2) is 0 Å². The summed E-state index contributed by atoms with van der Waals surface area (Å²) in [6.45, 7) is 0. The number of hydrogen-bond acceptors (Lipinski definition) is 3. The number of benzene rings is 1. The number of hydrogen-bond donors (Lipinski definition) is 2. The fraction of sp³-hybridized carbons (Fsp3) is 0.143. The van der Waals surface area contributed by atoms with Crippen molar-refractivity contribution in [1.29, 1.82) is 0 Å². The van der Waals surface area contributed by atoms with Gasteiger partial charge in [0.2, 0.25) is 0 Å². The van der Waals surface area contributed by atoms with Crippen LogP contribution >= 0.6 is 24.0 Å². The summed E-state index contributed by atoms with van der Waals surface area (Å²) in [6, 6.07) is 5.21. The smallest absolute Gasteiger partial charge is 0.121 e. The molecule has 5 heteroatoms. The lowest BCUT2D eigenvalue weighted by molar-refractivity contribution is 0.415. The molecular formula is C7H10Cl2N2O. The van der Waals surface area contributed by atoms with E-state index in [1.807, 2.05) is 0 Å². The fourth-order valence-corrected chi connectivity index (χ4v) is 0.914. The van der Waals surface area contributed by atoms with Gasteiger partial charge in [-0.2, -0.15) is 0 Å². The van der Waals surface area contributed by atoms with Crippen LogP contribution in [0.25, 0.3) is 0 Å². The van der Waals surface area contributed by atoms with E-state index >= 15 is 0 Å². The number of nitrogens with two attached hydrogens (primary N) is 1. The lowest BCUT2D eigenvalue weighted by Crippen LogP contribution is -2.07. The van der Waals surface area contributed by atoms with Gasteiger partial charge in [-0.05, 0) is 12.1 Å². The maximum atomic E-state index is 5.76. The van der Waals surface area contributed by atoms with Crippen LogP contribution in [0.5, 0.6) is 5.75 Å². The van der Waals surface area contributed by atoms with Crippen molar-refractivity contribution >= 4 is 29.7 Å². The normalized spacial score (nSPS) is 8.58. The van der Waals surface area contributed by atoms with E-state index in [-0.39, 0.29) is 12.4 Å². The highest BCUT2D eigenvalue weighted by molar-refractivity contribution is 6.33. The molecule has 1 aromatic carbocycles. The lowest BCUT2D eigenvalue weighted by atomic mass is 10.3. The number of methoxy groups -OCH3 is 1. The molecule has 12 heavy (non-hydrogen) atoms. The van der Waals surface area contributed by atoms with Crippen molar-refractivity contribution in [2.45, 2.75) is 0 Å². The van der Waals surface area contributed by atoms with Crippen LogP contribution in [0.3, 0.4) is 0 Å². The Morgan fingerprint density at radius 1 is 1.50 bits per heavy atom. The summed E-state index contributed by atoms with van der Waals surface area (Å²) in [5.74, 6) is 5.91. The van der Waals surface area contributed by atoms with Crippen LogP contribution in [0.2, 0.25) is 5.02 Å². The molecule has 0 heterocycles. The molecule has 0 spiro atoms. The van der Waals surface area contributed by atoms with E-state index in [0.717, 1.165) is 5.75 Å². The lowest BCUT2D eigenvalue weighted by Gasteiger charge is -2.04. The molecule has 0 aliphatic heterocycles. The molecule has 0 fully saturated rings. The molecule has 0 aromatic heterocycles. The molecule has 0 amide bonds. The Hall–Kier alpha value is -0.640. The molecule has 0 unspecified atom stereocenters. The molecule has 3 N–H and O–H groups in total. The Balaban J connectivity index is 0.00000121. The van der Waals surface area contributed by atoms with E-state index in [9.17, 15) is 0 Å². The SMILES string of the molecule is COc1ccc(Cl)c(NN)c1.Cl. The van der Waals surface area contributed by atoms with Crippen LogP contribution in [-0.4, -0.2) is 7.11 Å². The summed E-state index contributed by atoms with van der Waals surface area (Å²) < 4.78 is 4.96. The summed E-state index contributed by atoms with van der Waals surface area (Å²) in [5.41, 5.74) is 3.12. The van der Waals surface area contributed by atoms with Crippen molar-refractivity contribution in [3.05, 3.63) is 23.2 Å². The minimum Gasteiger partial charge on any atom is -0.497 e. The Bertz CT molecular complexity index is 255. The summed E-state index contributed by atoms with van der Waals surface area (Å²) in [4.78, 5) is 0. The molecule has 0 aliphatic carbocycles. The number of hydrazine groups is 1. The Kier molecular flexibility index (Phi) is 4.81. The topological polar surface area (TPSA) is 47.3 Å². The molecule has 0 saturated heterocycles. The molecule has 68 valence electrons. The maximum absolute atomic E-state index is 5.76. The number of rotatable bonds is 2. The van der Waals surface area contributed by atoms with E-state index in [0.29, 0.717) is 10.7 Å². The van der Waals surface area contributed by atoms with Gasteiger partial charge in [-0.3, -0.25) is 5.84 Å². The van der Waals surface area contributed by atoms with E-state index in [1.54, 1.807) is 25.3 Å². The van der Waals surface area contributed by atoms with Crippen molar-refractivity contribution in [3.8, 4) is 5.75 Å². The minimum absolute atomic E-state index is 0. The number of ether oxygens (including phenoxy) is 1. The third-order valence-electron chi connectivity index (χ3n) is 1.33. The van der Waals surface area contributed by atoms with Crippen LogP contribution in [-0.2, 0) is 0 Å². The summed E-state index contributed by atoms with van der Waals surface area (Å²) in [5, 5.41) is 0.577. The highest BCUT2D eigenvalue weighted by atomic mass is 35.5. The zero-order valence-electron chi connectivity index (χ0n) is 6.50. The second-order valence-electron chi connectivity index (χ2n) is 1.99. The number of nitrogen functional groups attached to an aromatic ring is 1. The summed E-state index contributed by atoms with van der Waals surface area (Å²) >= 11 is 5.76. The zero-order chi connectivity index (χ0) is 8.27. The Morgan fingerprint density at radius 3 is 2.67 bits per heavy atom. The molecule has 3 nitrogen and oxygen atoms in total. The monoisotopic (exact) mass is 208 g/mol. The molecular weight excluding hydrogens is 199 g/mol. The Morgan fingerprint density at radius 2 is 2.17 bits per heavy atom. The highest BCUT2D eigenvalue weighted by Crippen LogP contribution is 2.25. The van der Waals surface area contributed by atoms with E-state index < -0.39 is 0 Å². The minimum atomic E-state index is 0. The molecule has 0 saturated carbocycles. The fourth-order valence-electron chi connectivity index (χ4n) is 0.742. The molecule has 0 atom stereocenters. The van der Waals surface area contributed by atoms with Crippen LogP contribution in [0.15, 0.2) is 18.2 Å². The van der Waals surface area contributed by atoms with Gasteiger partial charge in [0.05, 0.1) is 17.8 Å². The first kappa shape index (κ1) is 11.4. The van der Waals surface area contributed by atoms with Gasteiger partial charge in [0.1, 0.15) is 5.75 Å². The molecule has 1 aromatic rings. The van der Waals surface area contributed by atoms with Crippen molar-refractivity contribution in [3.63, 3.8) is 0 Å². The van der Waals surface area contributed by atoms with E-state index in [4.69, 9.17) is 22.2 Å². The van der Waals surface area contributed by atoms with Crippen molar-refractivity contribution in [1.82, 2.24) is 0 Å². The highest BCUT2D eigenvalue weighted by Gasteiger charge is 1.98. The average Bonchev–Trinajstić information content (AvgIpc) is 2.05. The van der Waals surface area contributed by atoms with Crippen LogP contribution in [0.1, 0.15) is 0 Å². The van der Waals surface area contributed by atoms with E-state index in [1.165, 1.54) is 0 Å². The zero-order valence-corrected chi connectivity index (χ0v) is 8.08. The van der Waals surface area contributed by atoms with Gasteiger partial charge in [0, 0.05) is 6.07 Å². The maximum Gasteiger partial charge on any atom is 0.121 e. The number of nitrogens with one attached hydrogen (secondary N) is 1. The predicted octanol–water partition coefficient (Wildman–Crippen LogP) is 2.06. The van der Waals surface area contributed by atoms with Crippen LogP contribution < -0.4 is 16.0 Å². The van der Waals surface area contributed by atoms with Crippen LogP contribution in [0, 0.1) is 0 Å². The van der Waals surface area contributed by atoms with Gasteiger partial charge in [0.25, 0.3) is 0 Å². The molecule has 0 bridgehead atoms. The van der Waals surface area contributed by atoms with Gasteiger partial charge < -0.3 is 10.2 Å². The second-order valence-corrected chi connectivity index (χ2v) is 2.40. The van der Waals surface area contributed by atoms with Gasteiger partial charge >= 0.3 is 0 Å². The van der Waals surface area contributed by atoms with Crippen molar-refractivity contribution in [2.24, 2.45) is 5.84 Å². The molecule has 0 aliphatic rings. The van der Waals surface area contributed by atoms with Gasteiger partial charge in [-0.1, -0.05) is 11.6 Å². The molecule has 0 radical (unpaired) electrons. The quantitative estimate of drug-likeness (QED) is 0.578. The van der Waals surface area contributed by atoms with Crippen molar-refractivity contribution in [2.75, 3.05) is 12.5 Å². The van der Waals surface area contributed by atoms with Gasteiger partial charge in [-0.15, -0.1) is 12.4 Å². The third kappa shape index (κ3) is 2.44. The summed E-state index contributed by atoms with van der Waals surface area (Å²) in [7, 11) is 1.59.